The Kier molecular flexibility index (Phi) is 4.42. The Morgan fingerprint density at radius 1 is 1.41 bits per heavy atom. The summed E-state index contributed by atoms with van der Waals surface area (Å²) < 4.78 is 0. The van der Waals surface area contributed by atoms with Crippen LogP contribution < -0.4 is 5.32 Å². The molecule has 0 aliphatic heterocycles. The Labute approximate surface area is 108 Å². The molecule has 3 N–H and O–H groups in total. The molecule has 17 heavy (non-hydrogen) atoms. The fraction of sp³-hybridized carbons (Fsp3) is 0.400. The summed E-state index contributed by atoms with van der Waals surface area (Å²) in [6.07, 6.45) is 0. The summed E-state index contributed by atoms with van der Waals surface area (Å²) in [6, 6.07) is 0.390. The van der Waals surface area contributed by atoms with Crippen LogP contribution in [0.5, 0.6) is 0 Å². The van der Waals surface area contributed by atoms with Crippen molar-refractivity contribution in [3.63, 3.8) is 0 Å². The number of carboxylic acid groups (broad SMARTS) is 1. The SMILES string of the molecule is CC(C)[C@@H](NC(=O)c1cc(Cl)c(Cl)[nH]1)C(=O)O. The van der Waals surface area contributed by atoms with Crippen LogP contribution in [0.4, 0.5) is 0 Å². The van der Waals surface area contributed by atoms with Gasteiger partial charge in [0, 0.05) is 0 Å². The highest BCUT2D eigenvalue weighted by Gasteiger charge is 2.24. The molecule has 1 heterocycles. The van der Waals surface area contributed by atoms with Crippen molar-refractivity contribution >= 4 is 35.1 Å². The van der Waals surface area contributed by atoms with Gasteiger partial charge in [0.15, 0.2) is 0 Å². The van der Waals surface area contributed by atoms with E-state index in [4.69, 9.17) is 28.3 Å². The molecule has 0 aromatic carbocycles. The summed E-state index contributed by atoms with van der Waals surface area (Å²) in [5.41, 5.74) is 0.131. The van der Waals surface area contributed by atoms with Gasteiger partial charge in [-0.15, -0.1) is 0 Å². The Hall–Kier alpha value is -1.20. The van der Waals surface area contributed by atoms with Gasteiger partial charge < -0.3 is 15.4 Å². The molecule has 1 amide bonds. The maximum atomic E-state index is 11.7. The second kappa shape index (κ2) is 5.42. The largest absolute Gasteiger partial charge is 0.480 e. The summed E-state index contributed by atoms with van der Waals surface area (Å²) >= 11 is 11.3. The standard InChI is InChI=1S/C10H12Cl2N2O3/c1-4(2)7(10(16)17)14-9(15)6-3-5(11)8(12)13-6/h3-4,7,13H,1-2H3,(H,14,15)(H,16,17)/t7-/m1/s1. The van der Waals surface area contributed by atoms with E-state index in [0.717, 1.165) is 0 Å². The van der Waals surface area contributed by atoms with Crippen molar-refractivity contribution in [1.82, 2.24) is 10.3 Å². The van der Waals surface area contributed by atoms with Gasteiger partial charge in [-0.3, -0.25) is 4.79 Å². The van der Waals surface area contributed by atoms with Crippen LogP contribution in [-0.4, -0.2) is 28.0 Å². The first-order chi connectivity index (χ1) is 7.82. The molecule has 0 spiro atoms. The average molecular weight is 279 g/mol. The van der Waals surface area contributed by atoms with Crippen LogP contribution in [0.2, 0.25) is 10.2 Å². The van der Waals surface area contributed by atoms with E-state index in [0.29, 0.717) is 0 Å². The third-order valence-electron chi connectivity index (χ3n) is 2.19. The maximum absolute atomic E-state index is 11.7. The number of carbonyl (C=O) groups excluding carboxylic acids is 1. The first-order valence-corrected chi connectivity index (χ1v) is 5.66. The van der Waals surface area contributed by atoms with Gasteiger partial charge in [0.05, 0.1) is 5.02 Å². The molecule has 1 aromatic rings. The van der Waals surface area contributed by atoms with Crippen molar-refractivity contribution < 1.29 is 14.7 Å². The van der Waals surface area contributed by atoms with Crippen molar-refractivity contribution in [3.05, 3.63) is 21.9 Å². The van der Waals surface area contributed by atoms with Gasteiger partial charge in [0.1, 0.15) is 16.9 Å². The number of carboxylic acids is 1. The van der Waals surface area contributed by atoms with Crippen LogP contribution in [0.15, 0.2) is 6.07 Å². The third kappa shape index (κ3) is 3.38. The molecule has 0 saturated carbocycles. The van der Waals surface area contributed by atoms with Crippen LogP contribution in [0, 0.1) is 5.92 Å². The number of hydrogen-bond acceptors (Lipinski definition) is 2. The topological polar surface area (TPSA) is 82.2 Å². The molecule has 0 unspecified atom stereocenters. The van der Waals surface area contributed by atoms with Gasteiger partial charge in [-0.25, -0.2) is 4.79 Å². The second-order valence-corrected chi connectivity index (χ2v) is 4.66. The molecule has 0 saturated heterocycles. The van der Waals surface area contributed by atoms with Crippen molar-refractivity contribution in [2.45, 2.75) is 19.9 Å². The number of rotatable bonds is 4. The van der Waals surface area contributed by atoms with Crippen molar-refractivity contribution in [1.29, 1.82) is 0 Å². The van der Waals surface area contributed by atoms with E-state index < -0.39 is 17.9 Å². The zero-order valence-electron chi connectivity index (χ0n) is 9.25. The number of H-pyrrole nitrogens is 1. The van der Waals surface area contributed by atoms with Gasteiger partial charge >= 0.3 is 5.97 Å². The molecule has 7 heteroatoms. The highest BCUT2D eigenvalue weighted by atomic mass is 35.5. The van der Waals surface area contributed by atoms with E-state index in [2.05, 4.69) is 10.3 Å². The molecule has 0 aliphatic rings. The Bertz CT molecular complexity index is 423. The van der Waals surface area contributed by atoms with Crippen LogP contribution in [-0.2, 0) is 4.79 Å². The Morgan fingerprint density at radius 2 is 2.00 bits per heavy atom. The predicted molar refractivity (Wildman–Crippen MR) is 64.5 cm³/mol. The molecule has 0 fully saturated rings. The number of carbonyl (C=O) groups is 2. The Morgan fingerprint density at radius 3 is 2.35 bits per heavy atom. The van der Waals surface area contributed by atoms with Gasteiger partial charge in [-0.1, -0.05) is 37.0 Å². The van der Waals surface area contributed by atoms with Crippen LogP contribution in [0.3, 0.4) is 0 Å². The number of aliphatic carboxylic acids is 1. The summed E-state index contributed by atoms with van der Waals surface area (Å²) in [4.78, 5) is 25.2. The summed E-state index contributed by atoms with van der Waals surface area (Å²) in [7, 11) is 0. The Balaban J connectivity index is 2.81. The molecular weight excluding hydrogens is 267 g/mol. The van der Waals surface area contributed by atoms with Gasteiger partial charge in [-0.05, 0) is 12.0 Å². The van der Waals surface area contributed by atoms with Crippen LogP contribution >= 0.6 is 23.2 Å². The van der Waals surface area contributed by atoms with Crippen LogP contribution in [0.1, 0.15) is 24.3 Å². The zero-order valence-corrected chi connectivity index (χ0v) is 10.8. The predicted octanol–water partition coefficient (Wildman–Crippen LogP) is 2.16. The lowest BCUT2D eigenvalue weighted by molar-refractivity contribution is -0.140. The lowest BCUT2D eigenvalue weighted by Gasteiger charge is -2.17. The first kappa shape index (κ1) is 13.9. The third-order valence-corrected chi connectivity index (χ3v) is 2.88. The van der Waals surface area contributed by atoms with Gasteiger partial charge in [0.2, 0.25) is 0 Å². The summed E-state index contributed by atoms with van der Waals surface area (Å²) in [5.74, 6) is -1.87. The molecule has 94 valence electrons. The molecular formula is C10H12Cl2N2O3. The van der Waals surface area contributed by atoms with Gasteiger partial charge in [0.25, 0.3) is 5.91 Å². The average Bonchev–Trinajstić information content (AvgIpc) is 2.54. The highest BCUT2D eigenvalue weighted by molar-refractivity contribution is 6.41. The molecule has 1 atom stereocenters. The molecule has 1 rings (SSSR count). The van der Waals surface area contributed by atoms with Crippen molar-refractivity contribution in [2.24, 2.45) is 5.92 Å². The summed E-state index contributed by atoms with van der Waals surface area (Å²) in [6.45, 7) is 3.40. The smallest absolute Gasteiger partial charge is 0.326 e. The van der Waals surface area contributed by atoms with Crippen molar-refractivity contribution in [3.8, 4) is 0 Å². The number of amides is 1. The minimum absolute atomic E-state index is 0.131. The molecule has 5 nitrogen and oxygen atoms in total. The minimum atomic E-state index is -1.09. The van der Waals surface area contributed by atoms with E-state index in [1.165, 1.54) is 6.07 Å². The first-order valence-electron chi connectivity index (χ1n) is 4.90. The van der Waals surface area contributed by atoms with E-state index in [9.17, 15) is 9.59 Å². The number of nitrogens with one attached hydrogen (secondary N) is 2. The van der Waals surface area contributed by atoms with E-state index in [-0.39, 0.29) is 21.8 Å². The lowest BCUT2D eigenvalue weighted by Crippen LogP contribution is -2.44. The monoisotopic (exact) mass is 278 g/mol. The minimum Gasteiger partial charge on any atom is -0.480 e. The highest BCUT2D eigenvalue weighted by Crippen LogP contribution is 2.21. The number of halogens is 2. The zero-order chi connectivity index (χ0) is 13.2. The van der Waals surface area contributed by atoms with Crippen LogP contribution in [0.25, 0.3) is 0 Å². The molecule has 1 aromatic heterocycles. The lowest BCUT2D eigenvalue weighted by atomic mass is 10.0. The normalized spacial score (nSPS) is 12.5. The quantitative estimate of drug-likeness (QED) is 0.789. The van der Waals surface area contributed by atoms with E-state index in [1.54, 1.807) is 13.8 Å². The fourth-order valence-electron chi connectivity index (χ4n) is 1.26. The molecule has 0 aliphatic carbocycles. The van der Waals surface area contributed by atoms with E-state index in [1.807, 2.05) is 0 Å². The number of aromatic nitrogens is 1. The number of aromatic amines is 1. The molecule has 0 radical (unpaired) electrons. The maximum Gasteiger partial charge on any atom is 0.326 e. The van der Waals surface area contributed by atoms with E-state index >= 15 is 0 Å². The van der Waals surface area contributed by atoms with Crippen molar-refractivity contribution in [2.75, 3.05) is 0 Å². The fourth-order valence-corrected chi connectivity index (χ4v) is 1.57. The molecule has 0 bridgehead atoms. The van der Waals surface area contributed by atoms with Gasteiger partial charge in [-0.2, -0.15) is 0 Å². The second-order valence-electron chi connectivity index (χ2n) is 3.88. The summed E-state index contributed by atoms with van der Waals surface area (Å²) in [5, 5.41) is 11.7. The number of hydrogen-bond donors (Lipinski definition) is 3.